The van der Waals surface area contributed by atoms with Crippen molar-refractivity contribution in [2.24, 2.45) is 0 Å². The zero-order chi connectivity index (χ0) is 18.6. The molecular weight excluding hydrogens is 391 g/mol. The lowest BCUT2D eigenvalue weighted by Gasteiger charge is -2.07. The van der Waals surface area contributed by atoms with Crippen molar-refractivity contribution in [3.05, 3.63) is 52.1 Å². The summed E-state index contributed by atoms with van der Waals surface area (Å²) in [5.41, 5.74) is 0.114. The van der Waals surface area contributed by atoms with Gasteiger partial charge in [0.15, 0.2) is 22.3 Å². The molecule has 0 aliphatic carbocycles. The monoisotopic (exact) mass is 402 g/mol. The zero-order valence-electron chi connectivity index (χ0n) is 12.8. The van der Waals surface area contributed by atoms with E-state index in [1.807, 2.05) is 0 Å². The third-order valence-corrected chi connectivity index (χ3v) is 4.54. The van der Waals surface area contributed by atoms with Gasteiger partial charge in [-0.1, -0.05) is 23.2 Å². The molecule has 0 bridgehead atoms. The number of carbonyl (C=O) groups is 2. The third-order valence-electron chi connectivity index (χ3n) is 2.92. The molecule has 2 aromatic rings. The molecule has 1 amide bonds. The number of sulfone groups is 1. The molecule has 0 unspecified atom stereocenters. The van der Waals surface area contributed by atoms with Crippen molar-refractivity contribution in [2.45, 2.75) is 4.90 Å². The Hall–Kier alpha value is -2.16. The molecule has 0 fully saturated rings. The lowest BCUT2D eigenvalue weighted by atomic mass is 10.2. The second kappa shape index (κ2) is 7.81. The molecule has 0 saturated heterocycles. The number of benzene rings is 1. The van der Waals surface area contributed by atoms with Gasteiger partial charge in [0.1, 0.15) is 0 Å². The first-order chi connectivity index (χ1) is 11.7. The van der Waals surface area contributed by atoms with E-state index in [4.69, 9.17) is 27.9 Å². The largest absolute Gasteiger partial charge is 0.452 e. The molecule has 0 aliphatic heterocycles. The van der Waals surface area contributed by atoms with Gasteiger partial charge in [-0.3, -0.25) is 4.79 Å². The van der Waals surface area contributed by atoms with E-state index in [0.29, 0.717) is 5.02 Å². The van der Waals surface area contributed by atoms with Crippen LogP contribution >= 0.6 is 23.2 Å². The van der Waals surface area contributed by atoms with Crippen LogP contribution in [0.25, 0.3) is 0 Å². The molecular formula is C15H12Cl2N2O5S. The van der Waals surface area contributed by atoms with Crippen molar-refractivity contribution < 1.29 is 22.7 Å². The number of ether oxygens (including phenoxy) is 1. The van der Waals surface area contributed by atoms with Crippen molar-refractivity contribution in [2.75, 3.05) is 18.2 Å². The fraction of sp³-hybridized carbons (Fsp3) is 0.133. The third kappa shape index (κ3) is 5.42. The molecule has 7 nitrogen and oxygen atoms in total. The highest BCUT2D eigenvalue weighted by molar-refractivity contribution is 7.90. The van der Waals surface area contributed by atoms with Crippen LogP contribution in [-0.2, 0) is 19.4 Å². The van der Waals surface area contributed by atoms with Gasteiger partial charge in [-0.2, -0.15) is 0 Å². The standard InChI is InChI=1S/C15H12Cl2N2O5S/c1-25(22,23)11-4-2-9(3-5-11)15(21)24-8-13(20)19-14-12(17)6-10(16)7-18-14/h2-7H,8H2,1H3,(H,18,19,20). The summed E-state index contributed by atoms with van der Waals surface area (Å²) in [7, 11) is -3.36. The highest BCUT2D eigenvalue weighted by Gasteiger charge is 2.14. The first kappa shape index (κ1) is 19.2. The Labute approximate surface area is 153 Å². The molecule has 132 valence electrons. The second-order valence-electron chi connectivity index (χ2n) is 4.90. The van der Waals surface area contributed by atoms with E-state index in [-0.39, 0.29) is 21.3 Å². The molecule has 1 N–H and O–H groups in total. The van der Waals surface area contributed by atoms with Crippen LogP contribution in [0.4, 0.5) is 5.82 Å². The Morgan fingerprint density at radius 1 is 1.20 bits per heavy atom. The number of hydrogen-bond donors (Lipinski definition) is 1. The number of anilines is 1. The summed E-state index contributed by atoms with van der Waals surface area (Å²) in [5.74, 6) is -1.33. The Balaban J connectivity index is 1.94. The molecule has 1 aromatic heterocycles. The quantitative estimate of drug-likeness (QED) is 0.770. The van der Waals surface area contributed by atoms with Crippen LogP contribution in [0, 0.1) is 0 Å². The van der Waals surface area contributed by atoms with Crippen LogP contribution in [0.5, 0.6) is 0 Å². The van der Waals surface area contributed by atoms with Crippen LogP contribution in [0.2, 0.25) is 10.0 Å². The molecule has 0 aliphatic rings. The normalized spacial score (nSPS) is 11.0. The molecule has 0 radical (unpaired) electrons. The van der Waals surface area contributed by atoms with Crippen LogP contribution in [-0.4, -0.2) is 38.1 Å². The molecule has 10 heteroatoms. The maximum absolute atomic E-state index is 11.9. The van der Waals surface area contributed by atoms with Gasteiger partial charge in [-0.25, -0.2) is 18.2 Å². The number of aromatic nitrogens is 1. The van der Waals surface area contributed by atoms with E-state index < -0.39 is 28.3 Å². The van der Waals surface area contributed by atoms with E-state index in [1.54, 1.807) is 0 Å². The van der Waals surface area contributed by atoms with E-state index in [9.17, 15) is 18.0 Å². The number of nitrogens with one attached hydrogen (secondary N) is 1. The van der Waals surface area contributed by atoms with Crippen molar-refractivity contribution in [1.29, 1.82) is 0 Å². The maximum Gasteiger partial charge on any atom is 0.338 e. The first-order valence-electron chi connectivity index (χ1n) is 6.75. The lowest BCUT2D eigenvalue weighted by Crippen LogP contribution is -2.21. The van der Waals surface area contributed by atoms with Crippen molar-refractivity contribution in [1.82, 2.24) is 4.98 Å². The highest BCUT2D eigenvalue weighted by Crippen LogP contribution is 2.22. The Bertz CT molecular complexity index is 914. The van der Waals surface area contributed by atoms with E-state index in [2.05, 4.69) is 10.3 Å². The number of esters is 1. The Morgan fingerprint density at radius 3 is 2.40 bits per heavy atom. The molecule has 0 saturated carbocycles. The predicted molar refractivity (Wildman–Crippen MR) is 92.7 cm³/mol. The number of pyridine rings is 1. The minimum absolute atomic E-state index is 0.0743. The van der Waals surface area contributed by atoms with Crippen LogP contribution in [0.15, 0.2) is 41.4 Å². The lowest BCUT2D eigenvalue weighted by molar-refractivity contribution is -0.119. The SMILES string of the molecule is CS(=O)(=O)c1ccc(C(=O)OCC(=O)Nc2ncc(Cl)cc2Cl)cc1. The number of nitrogens with zero attached hydrogens (tertiary/aromatic N) is 1. The van der Waals surface area contributed by atoms with E-state index in [1.165, 1.54) is 36.5 Å². The number of halogens is 2. The van der Waals surface area contributed by atoms with Gasteiger partial charge < -0.3 is 10.1 Å². The van der Waals surface area contributed by atoms with Gasteiger partial charge in [0.05, 0.1) is 20.5 Å². The van der Waals surface area contributed by atoms with Crippen LogP contribution in [0.1, 0.15) is 10.4 Å². The van der Waals surface area contributed by atoms with Gasteiger partial charge in [0.2, 0.25) is 0 Å². The number of carbonyl (C=O) groups excluding carboxylic acids is 2. The van der Waals surface area contributed by atoms with Crippen LogP contribution < -0.4 is 5.32 Å². The van der Waals surface area contributed by atoms with Crippen molar-refractivity contribution >= 4 is 50.7 Å². The van der Waals surface area contributed by atoms with Gasteiger partial charge in [0, 0.05) is 12.5 Å². The summed E-state index contributed by atoms with van der Waals surface area (Å²) in [5, 5.41) is 2.83. The molecule has 0 spiro atoms. The second-order valence-corrected chi connectivity index (χ2v) is 7.76. The Morgan fingerprint density at radius 2 is 1.84 bits per heavy atom. The summed E-state index contributed by atoms with van der Waals surface area (Å²) >= 11 is 11.6. The fourth-order valence-electron chi connectivity index (χ4n) is 1.73. The van der Waals surface area contributed by atoms with Gasteiger partial charge >= 0.3 is 5.97 Å². The predicted octanol–water partition coefficient (Wildman–Crippen LogP) is 2.59. The van der Waals surface area contributed by atoms with E-state index in [0.717, 1.165) is 6.26 Å². The average molecular weight is 403 g/mol. The summed E-state index contributed by atoms with van der Waals surface area (Å²) < 4.78 is 27.6. The molecule has 2 rings (SSSR count). The Kier molecular flexibility index (Phi) is 5.99. The minimum Gasteiger partial charge on any atom is -0.452 e. The minimum atomic E-state index is -3.36. The van der Waals surface area contributed by atoms with Crippen molar-refractivity contribution in [3.63, 3.8) is 0 Å². The fourth-order valence-corrected chi connectivity index (χ4v) is 2.79. The van der Waals surface area contributed by atoms with E-state index >= 15 is 0 Å². The van der Waals surface area contributed by atoms with Gasteiger partial charge in [-0.05, 0) is 30.3 Å². The highest BCUT2D eigenvalue weighted by atomic mass is 35.5. The van der Waals surface area contributed by atoms with Gasteiger partial charge in [-0.15, -0.1) is 0 Å². The summed E-state index contributed by atoms with van der Waals surface area (Å²) in [6, 6.07) is 6.57. The number of rotatable bonds is 5. The maximum atomic E-state index is 11.9. The molecule has 25 heavy (non-hydrogen) atoms. The van der Waals surface area contributed by atoms with Crippen molar-refractivity contribution in [3.8, 4) is 0 Å². The molecule has 1 aromatic carbocycles. The van der Waals surface area contributed by atoms with Gasteiger partial charge in [0.25, 0.3) is 5.91 Å². The number of hydrogen-bond acceptors (Lipinski definition) is 6. The van der Waals surface area contributed by atoms with Crippen LogP contribution in [0.3, 0.4) is 0 Å². The first-order valence-corrected chi connectivity index (χ1v) is 9.39. The smallest absolute Gasteiger partial charge is 0.338 e. The zero-order valence-corrected chi connectivity index (χ0v) is 15.2. The molecule has 0 atom stereocenters. The summed E-state index contributed by atoms with van der Waals surface area (Å²) in [4.78, 5) is 27.6. The molecule has 1 heterocycles. The summed E-state index contributed by atoms with van der Waals surface area (Å²) in [6.07, 6.45) is 2.36. The average Bonchev–Trinajstić information content (AvgIpc) is 2.54. The number of amides is 1. The summed E-state index contributed by atoms with van der Waals surface area (Å²) in [6.45, 7) is -0.562. The topological polar surface area (TPSA) is 102 Å².